The van der Waals surface area contributed by atoms with Gasteiger partial charge < -0.3 is 10.1 Å². The van der Waals surface area contributed by atoms with Gasteiger partial charge in [-0.1, -0.05) is 17.7 Å². The first-order valence-corrected chi connectivity index (χ1v) is 8.82. The summed E-state index contributed by atoms with van der Waals surface area (Å²) in [7, 11) is 2.00. The summed E-state index contributed by atoms with van der Waals surface area (Å²) >= 11 is 1.78. The maximum Gasteiger partial charge on any atom is 0.127 e. The fourth-order valence-electron chi connectivity index (χ4n) is 2.65. The van der Waals surface area contributed by atoms with Crippen LogP contribution in [-0.2, 0) is 0 Å². The van der Waals surface area contributed by atoms with E-state index in [0.29, 0.717) is 6.04 Å². The Labute approximate surface area is 131 Å². The maximum absolute atomic E-state index is 6.08. The van der Waals surface area contributed by atoms with E-state index in [2.05, 4.69) is 48.8 Å². The van der Waals surface area contributed by atoms with E-state index in [0.717, 1.165) is 18.3 Å². The van der Waals surface area contributed by atoms with Crippen LogP contribution in [0.15, 0.2) is 40.8 Å². The number of nitrogens with one attached hydrogen (secondary N) is 1. The van der Waals surface area contributed by atoms with Gasteiger partial charge in [0.15, 0.2) is 0 Å². The summed E-state index contributed by atoms with van der Waals surface area (Å²) in [5.74, 6) is 1.80. The molecule has 1 unspecified atom stereocenters. The fourth-order valence-corrected chi connectivity index (χ4v) is 3.09. The van der Waals surface area contributed by atoms with Crippen LogP contribution in [-0.4, -0.2) is 26.0 Å². The largest absolute Gasteiger partial charge is 0.493 e. The highest BCUT2D eigenvalue weighted by atomic mass is 32.2. The van der Waals surface area contributed by atoms with Crippen LogP contribution in [0.1, 0.15) is 25.3 Å². The van der Waals surface area contributed by atoms with Gasteiger partial charge in [-0.2, -0.15) is 0 Å². The summed E-state index contributed by atoms with van der Waals surface area (Å²) in [5, 5.41) is 3.33. The Morgan fingerprint density at radius 1 is 1.33 bits per heavy atom. The van der Waals surface area contributed by atoms with Crippen LogP contribution < -0.4 is 10.1 Å². The van der Waals surface area contributed by atoms with Crippen molar-refractivity contribution in [2.75, 3.05) is 19.9 Å². The molecule has 3 heteroatoms. The SMILES string of the molecule is CNC1C=C(c2cc(SC)ccc2OCC2CC2)C=C1C. The molecule has 2 aliphatic carbocycles. The van der Waals surface area contributed by atoms with Crippen LogP contribution in [0, 0.1) is 5.92 Å². The Balaban J connectivity index is 1.90. The molecule has 112 valence electrons. The van der Waals surface area contributed by atoms with E-state index in [1.807, 2.05) is 7.05 Å². The second-order valence-electron chi connectivity index (χ2n) is 5.89. The van der Waals surface area contributed by atoms with Crippen molar-refractivity contribution in [3.8, 4) is 5.75 Å². The summed E-state index contributed by atoms with van der Waals surface area (Å²) in [5.41, 5.74) is 3.85. The molecule has 0 saturated heterocycles. The number of hydrogen-bond acceptors (Lipinski definition) is 3. The zero-order chi connectivity index (χ0) is 14.8. The van der Waals surface area contributed by atoms with E-state index >= 15 is 0 Å². The average Bonchev–Trinajstić information content (AvgIpc) is 3.26. The fraction of sp³-hybridized carbons (Fsp3) is 0.444. The third-order valence-electron chi connectivity index (χ3n) is 4.20. The Hall–Kier alpha value is -1.19. The summed E-state index contributed by atoms with van der Waals surface area (Å²) in [6.07, 6.45) is 9.32. The van der Waals surface area contributed by atoms with Crippen molar-refractivity contribution < 1.29 is 4.74 Å². The minimum atomic E-state index is 0.342. The number of likely N-dealkylation sites (N-methyl/N-ethyl adjacent to an activating group) is 1. The average molecular weight is 301 g/mol. The van der Waals surface area contributed by atoms with Crippen molar-refractivity contribution in [1.82, 2.24) is 5.32 Å². The van der Waals surface area contributed by atoms with Gasteiger partial charge in [0.2, 0.25) is 0 Å². The molecule has 0 aromatic heterocycles. The van der Waals surface area contributed by atoms with Crippen LogP contribution in [0.3, 0.4) is 0 Å². The van der Waals surface area contributed by atoms with Gasteiger partial charge in [-0.3, -0.25) is 0 Å². The van der Waals surface area contributed by atoms with Crippen molar-refractivity contribution in [1.29, 1.82) is 0 Å². The zero-order valence-corrected chi connectivity index (χ0v) is 13.8. The molecule has 1 aromatic rings. The van der Waals surface area contributed by atoms with Gasteiger partial charge in [-0.05, 0) is 62.8 Å². The molecule has 0 bridgehead atoms. The highest BCUT2D eigenvalue weighted by Crippen LogP contribution is 2.36. The Morgan fingerprint density at radius 2 is 2.14 bits per heavy atom. The monoisotopic (exact) mass is 301 g/mol. The number of thioether (sulfide) groups is 1. The first kappa shape index (κ1) is 14.7. The Morgan fingerprint density at radius 3 is 2.76 bits per heavy atom. The maximum atomic E-state index is 6.08. The van der Waals surface area contributed by atoms with Gasteiger partial charge in [0, 0.05) is 16.5 Å². The van der Waals surface area contributed by atoms with Gasteiger partial charge in [-0.25, -0.2) is 0 Å². The molecule has 1 fully saturated rings. The molecule has 0 spiro atoms. The summed E-state index contributed by atoms with van der Waals surface area (Å²) in [6.45, 7) is 3.03. The molecule has 21 heavy (non-hydrogen) atoms. The standard InChI is InChI=1S/C18H23NOS/c1-12-8-14(9-17(12)19-2)16-10-15(21-3)6-7-18(16)20-11-13-4-5-13/h6-10,13,17,19H,4-5,11H2,1-3H3. The number of hydrogen-bond donors (Lipinski definition) is 1. The Bertz CT molecular complexity index is 587. The summed E-state index contributed by atoms with van der Waals surface area (Å²) < 4.78 is 6.08. The van der Waals surface area contributed by atoms with Crippen molar-refractivity contribution in [2.24, 2.45) is 5.92 Å². The number of allylic oxidation sites excluding steroid dienone is 2. The number of ether oxygens (including phenoxy) is 1. The zero-order valence-electron chi connectivity index (χ0n) is 13.0. The smallest absolute Gasteiger partial charge is 0.127 e. The molecule has 1 N–H and O–H groups in total. The minimum absolute atomic E-state index is 0.342. The highest BCUT2D eigenvalue weighted by molar-refractivity contribution is 7.98. The molecule has 0 radical (unpaired) electrons. The molecular weight excluding hydrogens is 278 g/mol. The highest BCUT2D eigenvalue weighted by Gasteiger charge is 2.23. The third-order valence-corrected chi connectivity index (χ3v) is 4.93. The molecule has 3 rings (SSSR count). The molecule has 1 saturated carbocycles. The molecular formula is C18H23NOS. The summed E-state index contributed by atoms with van der Waals surface area (Å²) in [4.78, 5) is 1.28. The number of rotatable bonds is 6. The normalized spacial score (nSPS) is 21.2. The van der Waals surface area contributed by atoms with Gasteiger partial charge in [0.1, 0.15) is 5.75 Å². The molecule has 2 nitrogen and oxygen atoms in total. The topological polar surface area (TPSA) is 21.3 Å². The second-order valence-corrected chi connectivity index (χ2v) is 6.77. The lowest BCUT2D eigenvalue weighted by Gasteiger charge is -2.13. The van der Waals surface area contributed by atoms with Gasteiger partial charge in [-0.15, -0.1) is 11.8 Å². The molecule has 1 aromatic carbocycles. The molecule has 2 aliphatic rings. The molecule has 1 atom stereocenters. The predicted molar refractivity (Wildman–Crippen MR) is 91.0 cm³/mol. The van der Waals surface area contributed by atoms with Crippen molar-refractivity contribution >= 4 is 17.3 Å². The van der Waals surface area contributed by atoms with E-state index < -0.39 is 0 Å². The van der Waals surface area contributed by atoms with Crippen molar-refractivity contribution in [2.45, 2.75) is 30.7 Å². The molecule has 0 amide bonds. The lowest BCUT2D eigenvalue weighted by atomic mass is 10.1. The van der Waals surface area contributed by atoms with Crippen LogP contribution in [0.25, 0.3) is 5.57 Å². The van der Waals surface area contributed by atoms with Crippen molar-refractivity contribution in [3.63, 3.8) is 0 Å². The summed E-state index contributed by atoms with van der Waals surface area (Å²) in [6, 6.07) is 6.87. The quantitative estimate of drug-likeness (QED) is 0.798. The lowest BCUT2D eigenvalue weighted by Crippen LogP contribution is -2.21. The minimum Gasteiger partial charge on any atom is -0.493 e. The van der Waals surface area contributed by atoms with Crippen LogP contribution in [0.4, 0.5) is 0 Å². The molecule has 0 heterocycles. The predicted octanol–water partition coefficient (Wildman–Crippen LogP) is 4.13. The van der Waals surface area contributed by atoms with Crippen molar-refractivity contribution in [3.05, 3.63) is 41.5 Å². The second kappa shape index (κ2) is 6.29. The van der Waals surface area contributed by atoms with Gasteiger partial charge in [0.05, 0.1) is 6.61 Å². The third kappa shape index (κ3) is 3.35. The van der Waals surface area contributed by atoms with Crippen LogP contribution in [0.5, 0.6) is 5.75 Å². The van der Waals surface area contributed by atoms with E-state index in [4.69, 9.17) is 4.74 Å². The van der Waals surface area contributed by atoms with E-state index in [9.17, 15) is 0 Å². The number of benzene rings is 1. The van der Waals surface area contributed by atoms with E-state index in [1.54, 1.807) is 11.8 Å². The first-order chi connectivity index (χ1) is 10.2. The van der Waals surface area contributed by atoms with E-state index in [-0.39, 0.29) is 0 Å². The lowest BCUT2D eigenvalue weighted by molar-refractivity contribution is 0.299. The Kier molecular flexibility index (Phi) is 4.41. The molecule has 0 aliphatic heterocycles. The van der Waals surface area contributed by atoms with Gasteiger partial charge in [0.25, 0.3) is 0 Å². The van der Waals surface area contributed by atoms with E-state index in [1.165, 1.54) is 34.4 Å². The van der Waals surface area contributed by atoms with Crippen LogP contribution >= 0.6 is 11.8 Å². The van der Waals surface area contributed by atoms with Gasteiger partial charge >= 0.3 is 0 Å². The van der Waals surface area contributed by atoms with Crippen LogP contribution in [0.2, 0.25) is 0 Å². The first-order valence-electron chi connectivity index (χ1n) is 7.59.